The van der Waals surface area contributed by atoms with Crippen LogP contribution in [-0.4, -0.2) is 13.7 Å². The lowest BCUT2D eigenvalue weighted by Gasteiger charge is -2.11. The van der Waals surface area contributed by atoms with Crippen molar-refractivity contribution < 1.29 is 9.15 Å². The van der Waals surface area contributed by atoms with Crippen molar-refractivity contribution in [3.05, 3.63) is 24.2 Å². The SMILES string of the molecule is COCC(NN)c1ccoc1. The van der Waals surface area contributed by atoms with Crippen LogP contribution >= 0.6 is 0 Å². The second-order valence-corrected chi connectivity index (χ2v) is 2.23. The summed E-state index contributed by atoms with van der Waals surface area (Å²) in [7, 11) is 1.63. The van der Waals surface area contributed by atoms with Gasteiger partial charge >= 0.3 is 0 Å². The first-order valence-electron chi connectivity index (χ1n) is 3.35. The first-order valence-corrected chi connectivity index (χ1v) is 3.35. The van der Waals surface area contributed by atoms with E-state index >= 15 is 0 Å². The standard InChI is InChI=1S/C7H12N2O2/c1-10-5-7(9-8)6-2-3-11-4-6/h2-4,7,9H,5,8H2,1H3. The van der Waals surface area contributed by atoms with E-state index in [1.54, 1.807) is 19.6 Å². The largest absolute Gasteiger partial charge is 0.472 e. The molecule has 62 valence electrons. The van der Waals surface area contributed by atoms with Crippen molar-refractivity contribution in [2.24, 2.45) is 5.84 Å². The van der Waals surface area contributed by atoms with Crippen LogP contribution in [0.2, 0.25) is 0 Å². The molecule has 0 fully saturated rings. The molecule has 11 heavy (non-hydrogen) atoms. The summed E-state index contributed by atoms with van der Waals surface area (Å²) in [5, 5.41) is 0. The summed E-state index contributed by atoms with van der Waals surface area (Å²) in [6, 6.07) is 1.86. The van der Waals surface area contributed by atoms with Crippen molar-refractivity contribution in [1.82, 2.24) is 5.43 Å². The Bertz CT molecular complexity index is 186. The van der Waals surface area contributed by atoms with E-state index in [-0.39, 0.29) is 6.04 Å². The zero-order valence-corrected chi connectivity index (χ0v) is 6.41. The Morgan fingerprint density at radius 2 is 2.64 bits per heavy atom. The Morgan fingerprint density at radius 3 is 3.09 bits per heavy atom. The van der Waals surface area contributed by atoms with Gasteiger partial charge in [-0.1, -0.05) is 0 Å². The summed E-state index contributed by atoms with van der Waals surface area (Å²) in [5.41, 5.74) is 3.62. The van der Waals surface area contributed by atoms with Crippen LogP contribution in [0.15, 0.2) is 23.0 Å². The first kappa shape index (κ1) is 8.26. The molecule has 1 aromatic heterocycles. The number of methoxy groups -OCH3 is 1. The monoisotopic (exact) mass is 156 g/mol. The lowest BCUT2D eigenvalue weighted by atomic mass is 10.2. The predicted molar refractivity (Wildman–Crippen MR) is 40.6 cm³/mol. The molecule has 0 aliphatic rings. The fraction of sp³-hybridized carbons (Fsp3) is 0.429. The summed E-state index contributed by atoms with van der Waals surface area (Å²) in [5.74, 6) is 5.28. The van der Waals surface area contributed by atoms with Gasteiger partial charge in [-0.2, -0.15) is 0 Å². The molecule has 0 aromatic carbocycles. The lowest BCUT2D eigenvalue weighted by molar-refractivity contribution is 0.167. The maximum Gasteiger partial charge on any atom is 0.0951 e. The minimum absolute atomic E-state index is 0.0127. The topological polar surface area (TPSA) is 60.4 Å². The zero-order valence-electron chi connectivity index (χ0n) is 6.41. The van der Waals surface area contributed by atoms with Crippen LogP contribution in [-0.2, 0) is 4.74 Å². The molecule has 1 unspecified atom stereocenters. The Labute approximate surface area is 65.3 Å². The summed E-state index contributed by atoms with van der Waals surface area (Å²) < 4.78 is 9.83. The smallest absolute Gasteiger partial charge is 0.0951 e. The van der Waals surface area contributed by atoms with Gasteiger partial charge in [-0.15, -0.1) is 0 Å². The number of hydrazine groups is 1. The number of nitrogens with one attached hydrogen (secondary N) is 1. The zero-order chi connectivity index (χ0) is 8.10. The predicted octanol–water partition coefficient (Wildman–Crippen LogP) is 0.430. The van der Waals surface area contributed by atoms with Crippen LogP contribution in [0, 0.1) is 0 Å². The molecule has 4 nitrogen and oxygen atoms in total. The number of rotatable bonds is 4. The quantitative estimate of drug-likeness (QED) is 0.490. The fourth-order valence-electron chi connectivity index (χ4n) is 0.881. The van der Waals surface area contributed by atoms with Crippen molar-refractivity contribution in [3.8, 4) is 0 Å². The molecule has 0 aliphatic heterocycles. The Kier molecular flexibility index (Phi) is 3.10. The van der Waals surface area contributed by atoms with Gasteiger partial charge in [0.25, 0.3) is 0 Å². The molecule has 0 radical (unpaired) electrons. The van der Waals surface area contributed by atoms with E-state index in [1.807, 2.05) is 6.07 Å². The summed E-state index contributed by atoms with van der Waals surface area (Å²) in [6.07, 6.45) is 3.25. The molecular formula is C7H12N2O2. The normalized spacial score (nSPS) is 13.3. The number of hydrogen-bond donors (Lipinski definition) is 2. The minimum atomic E-state index is 0.0127. The highest BCUT2D eigenvalue weighted by molar-refractivity contribution is 5.10. The van der Waals surface area contributed by atoms with E-state index in [4.69, 9.17) is 15.0 Å². The van der Waals surface area contributed by atoms with Gasteiger partial charge in [0, 0.05) is 12.7 Å². The molecule has 1 rings (SSSR count). The summed E-state index contributed by atoms with van der Waals surface area (Å²) >= 11 is 0. The molecule has 0 amide bonds. The van der Waals surface area contributed by atoms with E-state index in [0.29, 0.717) is 6.61 Å². The first-order chi connectivity index (χ1) is 5.38. The molecule has 0 saturated heterocycles. The fourth-order valence-corrected chi connectivity index (χ4v) is 0.881. The molecular weight excluding hydrogens is 144 g/mol. The van der Waals surface area contributed by atoms with E-state index < -0.39 is 0 Å². The van der Waals surface area contributed by atoms with Gasteiger partial charge in [-0.05, 0) is 6.07 Å². The third-order valence-electron chi connectivity index (χ3n) is 1.48. The van der Waals surface area contributed by atoms with Crippen molar-refractivity contribution in [1.29, 1.82) is 0 Å². The van der Waals surface area contributed by atoms with Crippen molar-refractivity contribution >= 4 is 0 Å². The highest BCUT2D eigenvalue weighted by atomic mass is 16.5. The van der Waals surface area contributed by atoms with Gasteiger partial charge in [0.05, 0.1) is 25.2 Å². The molecule has 0 saturated carbocycles. The molecule has 0 bridgehead atoms. The maximum atomic E-state index is 5.28. The van der Waals surface area contributed by atoms with Crippen LogP contribution < -0.4 is 11.3 Å². The van der Waals surface area contributed by atoms with Crippen LogP contribution in [0.4, 0.5) is 0 Å². The van der Waals surface area contributed by atoms with E-state index in [9.17, 15) is 0 Å². The van der Waals surface area contributed by atoms with Gasteiger partial charge in [-0.25, -0.2) is 0 Å². The number of hydrogen-bond acceptors (Lipinski definition) is 4. The molecule has 0 spiro atoms. The highest BCUT2D eigenvalue weighted by Gasteiger charge is 2.08. The van der Waals surface area contributed by atoms with Gasteiger partial charge in [0.15, 0.2) is 0 Å². The Balaban J connectivity index is 2.56. The van der Waals surface area contributed by atoms with Crippen molar-refractivity contribution in [2.75, 3.05) is 13.7 Å². The van der Waals surface area contributed by atoms with E-state index in [1.165, 1.54) is 0 Å². The average Bonchev–Trinajstić information content (AvgIpc) is 2.52. The molecule has 0 aliphatic carbocycles. The third kappa shape index (κ3) is 2.04. The van der Waals surface area contributed by atoms with Gasteiger partial charge in [0.2, 0.25) is 0 Å². The molecule has 1 atom stereocenters. The highest BCUT2D eigenvalue weighted by Crippen LogP contribution is 2.11. The lowest BCUT2D eigenvalue weighted by Crippen LogP contribution is -2.30. The van der Waals surface area contributed by atoms with Gasteiger partial charge < -0.3 is 9.15 Å². The van der Waals surface area contributed by atoms with Crippen molar-refractivity contribution in [2.45, 2.75) is 6.04 Å². The van der Waals surface area contributed by atoms with Crippen molar-refractivity contribution in [3.63, 3.8) is 0 Å². The maximum absolute atomic E-state index is 5.28. The van der Waals surface area contributed by atoms with Gasteiger partial charge in [-0.3, -0.25) is 11.3 Å². The molecule has 3 N–H and O–H groups in total. The summed E-state index contributed by atoms with van der Waals surface area (Å²) in [6.45, 7) is 0.538. The number of ether oxygens (including phenoxy) is 1. The number of nitrogens with two attached hydrogens (primary N) is 1. The van der Waals surface area contributed by atoms with Crippen LogP contribution in [0.25, 0.3) is 0 Å². The molecule has 4 heteroatoms. The van der Waals surface area contributed by atoms with Crippen LogP contribution in [0.5, 0.6) is 0 Å². The van der Waals surface area contributed by atoms with Crippen LogP contribution in [0.3, 0.4) is 0 Å². The third-order valence-corrected chi connectivity index (χ3v) is 1.48. The van der Waals surface area contributed by atoms with Gasteiger partial charge in [0.1, 0.15) is 0 Å². The van der Waals surface area contributed by atoms with E-state index in [0.717, 1.165) is 5.56 Å². The van der Waals surface area contributed by atoms with E-state index in [2.05, 4.69) is 5.43 Å². The Hall–Kier alpha value is -0.840. The number of furan rings is 1. The van der Waals surface area contributed by atoms with Crippen LogP contribution in [0.1, 0.15) is 11.6 Å². The summed E-state index contributed by atoms with van der Waals surface area (Å²) in [4.78, 5) is 0. The minimum Gasteiger partial charge on any atom is -0.472 e. The second kappa shape index (κ2) is 4.12. The average molecular weight is 156 g/mol. The Morgan fingerprint density at radius 1 is 1.82 bits per heavy atom. The molecule has 1 aromatic rings. The molecule has 1 heterocycles. The second-order valence-electron chi connectivity index (χ2n) is 2.23.